The van der Waals surface area contributed by atoms with Crippen LogP contribution in [0.3, 0.4) is 0 Å². The number of nitrogens with one attached hydrogen (secondary N) is 2. The molecule has 4 aromatic rings. The van der Waals surface area contributed by atoms with Gasteiger partial charge in [-0.2, -0.15) is 0 Å². The Morgan fingerprint density at radius 2 is 1.76 bits per heavy atom. The maximum absolute atomic E-state index is 12.9. The molecule has 1 heterocycles. The fourth-order valence-corrected chi connectivity index (χ4v) is 4.60. The molecule has 0 saturated heterocycles. The number of carbonyl (C=O) groups excluding carboxylic acids is 1. The highest BCUT2D eigenvalue weighted by atomic mass is 32.1. The van der Waals surface area contributed by atoms with Gasteiger partial charge in [0.05, 0.1) is 30.0 Å². The number of aromatic nitrogens is 1. The highest BCUT2D eigenvalue weighted by molar-refractivity contribution is 7.80. The number of rotatable bonds is 5. The van der Waals surface area contributed by atoms with Crippen molar-refractivity contribution in [1.82, 2.24) is 10.3 Å². The third-order valence-corrected chi connectivity index (χ3v) is 6.24. The first-order valence-corrected chi connectivity index (χ1v) is 11.2. The van der Waals surface area contributed by atoms with E-state index in [-0.39, 0.29) is 16.4 Å². The molecule has 0 radical (unpaired) electrons. The second-order valence-corrected chi connectivity index (χ2v) is 8.56. The van der Waals surface area contributed by atoms with Gasteiger partial charge in [0.2, 0.25) is 0 Å². The van der Waals surface area contributed by atoms with E-state index in [1.807, 2.05) is 24.3 Å². The van der Waals surface area contributed by atoms with Crippen LogP contribution in [-0.4, -0.2) is 35.3 Å². The number of hydrogen-bond donors (Lipinski definition) is 3. The van der Waals surface area contributed by atoms with Crippen LogP contribution in [0, 0.1) is 6.92 Å². The topological polar surface area (TPSA) is 92.7 Å². The van der Waals surface area contributed by atoms with Gasteiger partial charge in [0, 0.05) is 5.69 Å². The monoisotopic (exact) mass is 479 g/mol. The molecule has 0 fully saturated rings. The number of carbonyl (C=O) groups is 1. The summed E-state index contributed by atoms with van der Waals surface area (Å²) in [6, 6.07) is 16.3. The first-order valence-electron chi connectivity index (χ1n) is 9.94. The van der Waals surface area contributed by atoms with Gasteiger partial charge >= 0.3 is 0 Å². The minimum Gasteiger partial charge on any atom is -0.507 e. The third kappa shape index (κ3) is 4.59. The van der Waals surface area contributed by atoms with Crippen molar-refractivity contribution < 1.29 is 19.4 Å². The van der Waals surface area contributed by atoms with Crippen molar-refractivity contribution in [2.75, 3.05) is 19.5 Å². The lowest BCUT2D eigenvalue weighted by Crippen LogP contribution is -2.34. The first kappa shape index (κ1) is 22.5. The Bertz CT molecular complexity index is 1310. The number of anilines is 1. The van der Waals surface area contributed by atoms with Gasteiger partial charge in [0.15, 0.2) is 5.11 Å². The molecule has 0 aliphatic heterocycles. The molecular weight excluding hydrogens is 458 g/mol. The Morgan fingerprint density at radius 3 is 2.42 bits per heavy atom. The van der Waals surface area contributed by atoms with Crippen LogP contribution >= 0.6 is 23.6 Å². The maximum Gasteiger partial charge on any atom is 0.264 e. The predicted octanol–water partition coefficient (Wildman–Crippen LogP) is 5.12. The summed E-state index contributed by atoms with van der Waals surface area (Å²) in [4.78, 5) is 17.5. The molecule has 1 aromatic heterocycles. The van der Waals surface area contributed by atoms with Crippen LogP contribution in [0.2, 0.25) is 0 Å². The molecule has 0 aliphatic rings. The summed E-state index contributed by atoms with van der Waals surface area (Å²) in [5.41, 5.74) is 2.94. The standard InChI is InChI=1S/C24H21N3O4S2/c1-13-11-14(12-15(21(13)28)23-26-16-7-4-5-10-19(16)33-23)25-24(32)27-22(29)20-17(30-2)8-6-9-18(20)31-3/h4-12,28H,1-3H3,(H2,25,27,29,32). The van der Waals surface area contributed by atoms with Crippen LogP contribution < -0.4 is 20.1 Å². The Kier molecular flexibility index (Phi) is 6.43. The Morgan fingerprint density at radius 1 is 1.06 bits per heavy atom. The van der Waals surface area contributed by atoms with Crippen molar-refractivity contribution in [3.63, 3.8) is 0 Å². The van der Waals surface area contributed by atoms with Crippen LogP contribution in [0.15, 0.2) is 54.6 Å². The van der Waals surface area contributed by atoms with Gasteiger partial charge < -0.3 is 19.9 Å². The van der Waals surface area contributed by atoms with E-state index in [4.69, 9.17) is 21.7 Å². The summed E-state index contributed by atoms with van der Waals surface area (Å²) >= 11 is 6.85. The van der Waals surface area contributed by atoms with Crippen LogP contribution in [-0.2, 0) is 0 Å². The number of benzene rings is 3. The fourth-order valence-electron chi connectivity index (χ4n) is 3.41. The molecule has 9 heteroatoms. The second kappa shape index (κ2) is 9.43. The van der Waals surface area contributed by atoms with Crippen molar-refractivity contribution >= 4 is 50.5 Å². The van der Waals surface area contributed by atoms with E-state index in [0.717, 1.165) is 10.2 Å². The van der Waals surface area contributed by atoms with Crippen molar-refractivity contribution in [2.24, 2.45) is 0 Å². The molecule has 4 rings (SSSR count). The van der Waals surface area contributed by atoms with Gasteiger partial charge in [-0.05, 0) is 61.1 Å². The zero-order chi connectivity index (χ0) is 23.5. The number of aromatic hydroxyl groups is 1. The number of phenolic OH excluding ortho intramolecular Hbond substituents is 1. The number of aryl methyl sites for hydroxylation is 1. The quantitative estimate of drug-likeness (QED) is 0.270. The predicted molar refractivity (Wildman–Crippen MR) is 135 cm³/mol. The molecular formula is C24H21N3O4S2. The molecule has 0 unspecified atom stereocenters. The van der Waals surface area contributed by atoms with Gasteiger partial charge in [0.1, 0.15) is 27.8 Å². The van der Waals surface area contributed by atoms with Crippen molar-refractivity contribution in [3.05, 3.63) is 65.7 Å². The highest BCUT2D eigenvalue weighted by Crippen LogP contribution is 2.39. The number of thiocarbonyl (C=S) groups is 1. The minimum atomic E-state index is -0.469. The molecule has 168 valence electrons. The number of thiazole rings is 1. The number of ether oxygens (including phenoxy) is 2. The molecule has 0 aliphatic carbocycles. The largest absolute Gasteiger partial charge is 0.507 e. The summed E-state index contributed by atoms with van der Waals surface area (Å²) in [6.07, 6.45) is 0. The molecule has 3 N–H and O–H groups in total. The lowest BCUT2D eigenvalue weighted by atomic mass is 10.1. The average molecular weight is 480 g/mol. The molecule has 0 spiro atoms. The fraction of sp³-hybridized carbons (Fsp3) is 0.125. The minimum absolute atomic E-state index is 0.0910. The van der Waals surface area contributed by atoms with Crippen LogP contribution in [0.25, 0.3) is 20.8 Å². The molecule has 7 nitrogen and oxygen atoms in total. The van der Waals surface area contributed by atoms with Gasteiger partial charge in [0.25, 0.3) is 5.91 Å². The van der Waals surface area contributed by atoms with Gasteiger partial charge in [-0.3, -0.25) is 10.1 Å². The number of hydrogen-bond acceptors (Lipinski definition) is 7. The Hall–Kier alpha value is -3.69. The number of phenols is 1. The van der Waals surface area contributed by atoms with E-state index in [9.17, 15) is 9.90 Å². The number of nitrogens with zero attached hydrogens (tertiary/aromatic N) is 1. The number of methoxy groups -OCH3 is 2. The summed E-state index contributed by atoms with van der Waals surface area (Å²) < 4.78 is 11.6. The van der Waals surface area contributed by atoms with E-state index >= 15 is 0 Å². The highest BCUT2D eigenvalue weighted by Gasteiger charge is 2.20. The number of para-hydroxylation sites is 1. The maximum atomic E-state index is 12.9. The summed E-state index contributed by atoms with van der Waals surface area (Å²) in [5, 5.41) is 17.1. The van der Waals surface area contributed by atoms with Gasteiger partial charge in [-0.1, -0.05) is 18.2 Å². The Labute approximate surface area is 200 Å². The smallest absolute Gasteiger partial charge is 0.264 e. The van der Waals surface area contributed by atoms with Gasteiger partial charge in [-0.25, -0.2) is 4.98 Å². The van der Waals surface area contributed by atoms with E-state index in [2.05, 4.69) is 15.6 Å². The number of amides is 1. The first-order chi connectivity index (χ1) is 15.9. The molecule has 0 bridgehead atoms. The molecule has 3 aromatic carbocycles. The van der Waals surface area contributed by atoms with Crippen molar-refractivity contribution in [1.29, 1.82) is 0 Å². The van der Waals surface area contributed by atoms with Crippen LogP contribution in [0.4, 0.5) is 5.69 Å². The van der Waals surface area contributed by atoms with Crippen molar-refractivity contribution in [2.45, 2.75) is 6.92 Å². The molecule has 1 amide bonds. The van der Waals surface area contributed by atoms with E-state index in [1.165, 1.54) is 25.6 Å². The summed E-state index contributed by atoms with van der Waals surface area (Å²) in [6.45, 7) is 1.79. The normalized spacial score (nSPS) is 10.6. The molecule has 0 atom stereocenters. The van der Waals surface area contributed by atoms with E-state index < -0.39 is 5.91 Å². The van der Waals surface area contributed by atoms with Gasteiger partial charge in [-0.15, -0.1) is 11.3 Å². The van der Waals surface area contributed by atoms with Crippen LogP contribution in [0.5, 0.6) is 17.2 Å². The third-order valence-electron chi connectivity index (χ3n) is 4.96. The molecule has 0 saturated carbocycles. The lowest BCUT2D eigenvalue weighted by molar-refractivity contribution is 0.0971. The number of fused-ring (bicyclic) bond motifs is 1. The summed E-state index contributed by atoms with van der Waals surface area (Å²) in [7, 11) is 2.95. The zero-order valence-corrected chi connectivity index (χ0v) is 19.8. The SMILES string of the molecule is COc1cccc(OC)c1C(=O)NC(=S)Nc1cc(C)c(O)c(-c2nc3ccccc3s2)c1. The zero-order valence-electron chi connectivity index (χ0n) is 18.1. The average Bonchev–Trinajstić information content (AvgIpc) is 3.24. The van der Waals surface area contributed by atoms with E-state index in [0.29, 0.717) is 33.3 Å². The summed E-state index contributed by atoms with van der Waals surface area (Å²) in [5.74, 6) is 0.415. The van der Waals surface area contributed by atoms with Crippen molar-refractivity contribution in [3.8, 4) is 27.8 Å². The molecule has 33 heavy (non-hydrogen) atoms. The lowest BCUT2D eigenvalue weighted by Gasteiger charge is -2.15. The van der Waals surface area contributed by atoms with Crippen LogP contribution in [0.1, 0.15) is 15.9 Å². The van der Waals surface area contributed by atoms with E-state index in [1.54, 1.807) is 37.3 Å². The second-order valence-electron chi connectivity index (χ2n) is 7.12. The Balaban J connectivity index is 1.58.